The number of non-ortho nitro benzene ring substituents is 1. The van der Waals surface area contributed by atoms with Gasteiger partial charge in [0, 0.05) is 24.9 Å². The number of carboxylic acid groups (broad SMARTS) is 1. The van der Waals surface area contributed by atoms with E-state index in [1.54, 1.807) is 55.6 Å². The normalized spacial score (nSPS) is 10.4. The maximum absolute atomic E-state index is 11.4. The molecule has 0 heterocycles. The second kappa shape index (κ2) is 10.9. The third-order valence-electron chi connectivity index (χ3n) is 4.26. The SMILES string of the molecule is CNc1ccccc1C(=O)O.COc1ccccc1Nc1ccc([N+](=O)[O-])cc1S(=O)(=O)O. The van der Waals surface area contributed by atoms with Gasteiger partial charge in [0.15, 0.2) is 0 Å². The Morgan fingerprint density at radius 2 is 1.61 bits per heavy atom. The standard InChI is InChI=1S/C13H12N2O6S.C8H9NO2/c1-21-12-5-3-2-4-10(12)14-11-7-6-9(15(16)17)8-13(11)22(18,19)20;1-9-7-5-3-2-4-6(7)8(10)11/h2-8,14H,1H3,(H,18,19,20);2-5,9H,1H3,(H,10,11). The Morgan fingerprint density at radius 3 is 2.12 bits per heavy atom. The summed E-state index contributed by atoms with van der Waals surface area (Å²) in [6, 6.07) is 16.6. The van der Waals surface area contributed by atoms with Crippen molar-refractivity contribution < 1.29 is 32.5 Å². The van der Waals surface area contributed by atoms with Gasteiger partial charge in [-0.2, -0.15) is 8.42 Å². The number of para-hydroxylation sites is 3. The van der Waals surface area contributed by atoms with E-state index in [1.165, 1.54) is 13.2 Å². The van der Waals surface area contributed by atoms with E-state index < -0.39 is 31.6 Å². The van der Waals surface area contributed by atoms with Gasteiger partial charge in [0.2, 0.25) is 0 Å². The molecule has 33 heavy (non-hydrogen) atoms. The van der Waals surface area contributed by atoms with Crippen LogP contribution in [0.1, 0.15) is 10.4 Å². The Labute approximate surface area is 189 Å². The molecular weight excluding hydrogens is 454 g/mol. The van der Waals surface area contributed by atoms with E-state index in [4.69, 9.17) is 9.84 Å². The third-order valence-corrected chi connectivity index (χ3v) is 5.15. The molecule has 0 radical (unpaired) electrons. The molecule has 0 bridgehead atoms. The Balaban J connectivity index is 0.000000294. The summed E-state index contributed by atoms with van der Waals surface area (Å²) in [6.45, 7) is 0. The average Bonchev–Trinajstić information content (AvgIpc) is 2.79. The molecule has 0 aliphatic heterocycles. The summed E-state index contributed by atoms with van der Waals surface area (Å²) in [7, 11) is -1.50. The van der Waals surface area contributed by atoms with Crippen molar-refractivity contribution in [3.63, 3.8) is 0 Å². The molecule has 0 unspecified atom stereocenters. The molecule has 11 nitrogen and oxygen atoms in total. The van der Waals surface area contributed by atoms with Crippen LogP contribution < -0.4 is 15.4 Å². The highest BCUT2D eigenvalue weighted by molar-refractivity contribution is 7.86. The van der Waals surface area contributed by atoms with Crippen LogP contribution in [0.15, 0.2) is 71.6 Å². The quantitative estimate of drug-likeness (QED) is 0.222. The first-order valence-corrected chi connectivity index (χ1v) is 10.7. The van der Waals surface area contributed by atoms with Crippen molar-refractivity contribution in [3.05, 3.63) is 82.4 Å². The maximum atomic E-state index is 11.4. The number of rotatable bonds is 7. The summed E-state index contributed by atoms with van der Waals surface area (Å²) in [6.07, 6.45) is 0. The zero-order valence-corrected chi connectivity index (χ0v) is 18.4. The number of benzene rings is 3. The molecule has 0 aliphatic carbocycles. The number of nitro groups is 1. The predicted octanol–water partition coefficient (Wildman–Crippen LogP) is 4.02. The van der Waals surface area contributed by atoms with Gasteiger partial charge in [0.1, 0.15) is 10.6 Å². The number of carboxylic acids is 1. The minimum Gasteiger partial charge on any atom is -0.495 e. The lowest BCUT2D eigenvalue weighted by Gasteiger charge is -2.13. The van der Waals surface area contributed by atoms with Crippen LogP contribution in [-0.4, -0.2) is 43.1 Å². The number of nitrogens with zero attached hydrogens (tertiary/aromatic N) is 1. The second-order valence-electron chi connectivity index (χ2n) is 6.34. The van der Waals surface area contributed by atoms with E-state index in [9.17, 15) is 27.9 Å². The van der Waals surface area contributed by atoms with Crippen LogP contribution in [0.25, 0.3) is 0 Å². The highest BCUT2D eigenvalue weighted by Gasteiger charge is 2.21. The van der Waals surface area contributed by atoms with Crippen molar-refractivity contribution in [2.75, 3.05) is 24.8 Å². The molecule has 3 aromatic carbocycles. The molecule has 0 spiro atoms. The Morgan fingerprint density at radius 1 is 1.00 bits per heavy atom. The van der Waals surface area contributed by atoms with Crippen LogP contribution in [-0.2, 0) is 10.1 Å². The zero-order valence-electron chi connectivity index (χ0n) is 17.6. The van der Waals surface area contributed by atoms with Crippen molar-refractivity contribution in [1.29, 1.82) is 0 Å². The first-order chi connectivity index (χ1) is 15.6. The summed E-state index contributed by atoms with van der Waals surface area (Å²) >= 11 is 0. The monoisotopic (exact) mass is 475 g/mol. The van der Waals surface area contributed by atoms with Gasteiger partial charge in [0.05, 0.1) is 29.0 Å². The largest absolute Gasteiger partial charge is 0.495 e. The van der Waals surface area contributed by atoms with E-state index >= 15 is 0 Å². The van der Waals surface area contributed by atoms with Gasteiger partial charge in [-0.3, -0.25) is 14.7 Å². The summed E-state index contributed by atoms with van der Waals surface area (Å²) in [5.41, 5.74) is 0.939. The minimum atomic E-state index is -4.64. The molecule has 4 N–H and O–H groups in total. The van der Waals surface area contributed by atoms with Gasteiger partial charge < -0.3 is 20.5 Å². The van der Waals surface area contributed by atoms with Crippen LogP contribution in [0.2, 0.25) is 0 Å². The zero-order chi connectivity index (χ0) is 24.6. The van der Waals surface area contributed by atoms with Gasteiger partial charge >= 0.3 is 5.97 Å². The Bertz CT molecular complexity index is 1260. The molecule has 3 rings (SSSR count). The van der Waals surface area contributed by atoms with Gasteiger partial charge in [-0.05, 0) is 30.3 Å². The number of hydrogen-bond acceptors (Lipinski definition) is 8. The Kier molecular flexibility index (Phi) is 8.31. The van der Waals surface area contributed by atoms with E-state index in [0.717, 1.165) is 12.1 Å². The fourth-order valence-electron chi connectivity index (χ4n) is 2.72. The predicted molar refractivity (Wildman–Crippen MR) is 122 cm³/mol. The first kappa shape index (κ1) is 25.1. The lowest BCUT2D eigenvalue weighted by atomic mass is 10.2. The third kappa shape index (κ3) is 6.66. The topological polar surface area (TPSA) is 168 Å². The molecule has 3 aromatic rings. The lowest BCUT2D eigenvalue weighted by Crippen LogP contribution is -2.05. The molecule has 0 fully saturated rings. The van der Waals surface area contributed by atoms with E-state index in [0.29, 0.717) is 22.7 Å². The van der Waals surface area contributed by atoms with Crippen LogP contribution in [0, 0.1) is 10.1 Å². The van der Waals surface area contributed by atoms with Crippen LogP contribution in [0.4, 0.5) is 22.7 Å². The Hall–Kier alpha value is -4.16. The molecule has 0 saturated carbocycles. The summed E-state index contributed by atoms with van der Waals surface area (Å²) in [5.74, 6) is -0.461. The summed E-state index contributed by atoms with van der Waals surface area (Å²) in [5, 5.41) is 25.0. The van der Waals surface area contributed by atoms with Crippen molar-refractivity contribution in [2.45, 2.75) is 4.90 Å². The number of nitro benzene ring substituents is 1. The van der Waals surface area contributed by atoms with Gasteiger partial charge in [0.25, 0.3) is 15.8 Å². The molecule has 0 aliphatic rings. The number of carbonyl (C=O) groups is 1. The lowest BCUT2D eigenvalue weighted by molar-refractivity contribution is -0.385. The maximum Gasteiger partial charge on any atom is 0.337 e. The number of nitrogens with one attached hydrogen (secondary N) is 2. The molecule has 12 heteroatoms. The number of ether oxygens (including phenoxy) is 1. The highest BCUT2D eigenvalue weighted by Crippen LogP contribution is 2.32. The van der Waals surface area contributed by atoms with Crippen LogP contribution in [0.3, 0.4) is 0 Å². The number of anilines is 3. The molecule has 174 valence electrons. The number of aromatic carboxylic acids is 1. The molecule has 0 saturated heterocycles. The van der Waals surface area contributed by atoms with Gasteiger partial charge in [-0.15, -0.1) is 0 Å². The first-order valence-electron chi connectivity index (χ1n) is 9.24. The van der Waals surface area contributed by atoms with Crippen molar-refractivity contribution in [3.8, 4) is 5.75 Å². The fourth-order valence-corrected chi connectivity index (χ4v) is 3.39. The molecule has 0 amide bonds. The van der Waals surface area contributed by atoms with Crippen molar-refractivity contribution >= 4 is 38.8 Å². The second-order valence-corrected chi connectivity index (χ2v) is 7.73. The van der Waals surface area contributed by atoms with E-state index in [1.807, 2.05) is 0 Å². The highest BCUT2D eigenvalue weighted by atomic mass is 32.2. The van der Waals surface area contributed by atoms with Gasteiger partial charge in [-0.1, -0.05) is 24.3 Å². The van der Waals surface area contributed by atoms with E-state index in [-0.39, 0.29) is 5.69 Å². The van der Waals surface area contributed by atoms with Gasteiger partial charge in [-0.25, -0.2) is 4.79 Å². The minimum absolute atomic E-state index is 0.00222. The molecular formula is C21H21N3O8S. The van der Waals surface area contributed by atoms with E-state index in [2.05, 4.69) is 10.6 Å². The summed E-state index contributed by atoms with van der Waals surface area (Å²) in [4.78, 5) is 19.9. The average molecular weight is 475 g/mol. The smallest absolute Gasteiger partial charge is 0.337 e. The van der Waals surface area contributed by atoms with Crippen LogP contribution in [0.5, 0.6) is 5.75 Å². The molecule has 0 aromatic heterocycles. The van der Waals surface area contributed by atoms with Crippen molar-refractivity contribution in [1.82, 2.24) is 0 Å². The number of hydrogen-bond donors (Lipinski definition) is 4. The van der Waals surface area contributed by atoms with Crippen LogP contribution >= 0.6 is 0 Å². The fraction of sp³-hybridized carbons (Fsp3) is 0.0952. The molecule has 0 atom stereocenters. The van der Waals surface area contributed by atoms with Crippen molar-refractivity contribution in [2.24, 2.45) is 0 Å². The summed E-state index contributed by atoms with van der Waals surface area (Å²) < 4.78 is 37.3. The number of methoxy groups -OCH3 is 1.